The molecule has 0 radical (unpaired) electrons. The summed E-state index contributed by atoms with van der Waals surface area (Å²) in [5.41, 5.74) is 2.38. The maximum atomic E-state index is 12.3. The summed E-state index contributed by atoms with van der Waals surface area (Å²) in [6, 6.07) is 13.1. The average molecular weight is 394 g/mol. The van der Waals surface area contributed by atoms with Gasteiger partial charge in [0.15, 0.2) is 11.5 Å². The molecule has 138 valence electrons. The lowest BCUT2D eigenvalue weighted by molar-refractivity contribution is -0.384. The van der Waals surface area contributed by atoms with Crippen LogP contribution in [0, 0.1) is 10.1 Å². The van der Waals surface area contributed by atoms with Crippen molar-refractivity contribution in [2.45, 2.75) is 0 Å². The molecule has 0 spiro atoms. The van der Waals surface area contributed by atoms with Crippen LogP contribution in [0.5, 0.6) is 0 Å². The number of aromatic amines is 1. The number of nitrogens with zero attached hydrogens (tertiary/aromatic N) is 3. The molecule has 0 atom stereocenters. The fourth-order valence-corrected chi connectivity index (χ4v) is 2.85. The van der Waals surface area contributed by atoms with Crippen molar-refractivity contribution in [2.24, 2.45) is 4.99 Å². The molecule has 0 amide bonds. The first-order valence-corrected chi connectivity index (χ1v) is 8.55. The normalized spacial score (nSPS) is 12.9. The summed E-state index contributed by atoms with van der Waals surface area (Å²) in [6.45, 7) is 0. The number of rotatable bonds is 3. The lowest BCUT2D eigenvalue weighted by Crippen LogP contribution is -2.13. The zero-order valence-corrected chi connectivity index (χ0v) is 15.0. The molecule has 0 aliphatic carbocycles. The highest BCUT2D eigenvalue weighted by atomic mass is 35.5. The number of benzene rings is 2. The highest BCUT2D eigenvalue weighted by Crippen LogP contribution is 2.28. The van der Waals surface area contributed by atoms with Crippen LogP contribution in [-0.4, -0.2) is 20.6 Å². The number of allylic oxidation sites excluding steroid dienone is 1. The molecule has 8 nitrogen and oxygen atoms in total. The summed E-state index contributed by atoms with van der Waals surface area (Å²) in [5.74, 6) is 0.220. The van der Waals surface area contributed by atoms with Crippen LogP contribution in [0.4, 0.5) is 17.2 Å². The maximum absolute atomic E-state index is 12.3. The smallest absolute Gasteiger partial charge is 0.276 e. The lowest BCUT2D eigenvalue weighted by Gasteiger charge is -2.10. The van der Waals surface area contributed by atoms with Gasteiger partial charge in [0.25, 0.3) is 11.2 Å². The predicted molar refractivity (Wildman–Crippen MR) is 107 cm³/mol. The summed E-state index contributed by atoms with van der Waals surface area (Å²) >= 11 is 5.97. The molecule has 0 fully saturated rings. The van der Waals surface area contributed by atoms with Crippen molar-refractivity contribution in [1.82, 2.24) is 9.97 Å². The van der Waals surface area contributed by atoms with E-state index in [-0.39, 0.29) is 22.8 Å². The van der Waals surface area contributed by atoms with E-state index >= 15 is 0 Å². The van der Waals surface area contributed by atoms with Crippen molar-refractivity contribution in [3.05, 3.63) is 97.6 Å². The highest BCUT2D eigenvalue weighted by molar-refractivity contribution is 6.30. The van der Waals surface area contributed by atoms with Gasteiger partial charge in [-0.1, -0.05) is 23.7 Å². The second-order valence-electron chi connectivity index (χ2n) is 5.92. The summed E-state index contributed by atoms with van der Waals surface area (Å²) < 4.78 is 0. The number of hydrogen-bond donors (Lipinski definition) is 2. The van der Waals surface area contributed by atoms with E-state index in [2.05, 4.69) is 20.3 Å². The topological polar surface area (TPSA) is 113 Å². The van der Waals surface area contributed by atoms with E-state index in [1.807, 2.05) is 12.1 Å². The van der Waals surface area contributed by atoms with E-state index in [4.69, 9.17) is 11.6 Å². The third kappa shape index (κ3) is 3.40. The van der Waals surface area contributed by atoms with Crippen molar-refractivity contribution in [3.63, 3.8) is 0 Å². The number of anilines is 1. The largest absolute Gasteiger partial charge is 0.347 e. The molecule has 2 N–H and O–H groups in total. The van der Waals surface area contributed by atoms with Gasteiger partial charge in [-0.05, 0) is 35.9 Å². The number of non-ortho nitro benzene ring substituents is 1. The van der Waals surface area contributed by atoms with E-state index in [9.17, 15) is 14.9 Å². The number of nitrogens with one attached hydrogen (secondary N) is 2. The molecule has 0 unspecified atom stereocenters. The number of fused-ring (bicyclic) bond motifs is 1. The van der Waals surface area contributed by atoms with Crippen molar-refractivity contribution >= 4 is 40.2 Å². The molecule has 2 aromatic carbocycles. The van der Waals surface area contributed by atoms with Gasteiger partial charge in [-0.3, -0.25) is 14.9 Å². The Labute approximate surface area is 163 Å². The Morgan fingerprint density at radius 2 is 1.68 bits per heavy atom. The second-order valence-corrected chi connectivity index (χ2v) is 6.36. The Kier molecular flexibility index (Phi) is 4.46. The fraction of sp³-hybridized carbons (Fsp3) is 0. The third-order valence-corrected chi connectivity index (χ3v) is 4.38. The summed E-state index contributed by atoms with van der Waals surface area (Å²) in [4.78, 5) is 33.8. The van der Waals surface area contributed by atoms with Crippen molar-refractivity contribution in [3.8, 4) is 0 Å². The quantitative estimate of drug-likeness (QED) is 0.517. The lowest BCUT2D eigenvalue weighted by atomic mass is 10.1. The molecule has 2 heterocycles. The molecule has 0 saturated carbocycles. The fourth-order valence-electron chi connectivity index (χ4n) is 2.73. The van der Waals surface area contributed by atoms with E-state index < -0.39 is 4.92 Å². The molecule has 1 aliphatic heterocycles. The minimum Gasteiger partial charge on any atom is -0.347 e. The Bertz CT molecular complexity index is 1180. The summed E-state index contributed by atoms with van der Waals surface area (Å²) in [7, 11) is 0. The molecule has 3 aromatic rings. The molecule has 0 saturated heterocycles. The Hall–Kier alpha value is -3.78. The van der Waals surface area contributed by atoms with Gasteiger partial charge >= 0.3 is 0 Å². The van der Waals surface area contributed by atoms with Crippen molar-refractivity contribution in [1.29, 1.82) is 0 Å². The molecule has 9 heteroatoms. The zero-order valence-electron chi connectivity index (χ0n) is 14.2. The van der Waals surface area contributed by atoms with E-state index in [0.29, 0.717) is 22.0 Å². The Morgan fingerprint density at radius 3 is 2.36 bits per heavy atom. The van der Waals surface area contributed by atoms with E-state index in [0.717, 1.165) is 5.56 Å². The second kappa shape index (κ2) is 7.09. The SMILES string of the molecule is O=c1[nH]cnc2c1NC(c1ccc(Cl)cc1)=CC(c1ccc([N+](=O)[O-])cc1)=N2. The first-order chi connectivity index (χ1) is 13.5. The van der Waals surface area contributed by atoms with Crippen molar-refractivity contribution in [2.75, 3.05) is 5.32 Å². The number of nitro benzene ring substituents is 1. The first-order valence-electron chi connectivity index (χ1n) is 8.17. The van der Waals surface area contributed by atoms with E-state index in [1.54, 1.807) is 30.3 Å². The maximum Gasteiger partial charge on any atom is 0.276 e. The Balaban J connectivity index is 1.87. The van der Waals surface area contributed by atoms with Crippen LogP contribution in [0.15, 0.2) is 70.7 Å². The number of nitro groups is 1. The van der Waals surface area contributed by atoms with Crippen LogP contribution in [0.25, 0.3) is 5.70 Å². The molecule has 0 bridgehead atoms. The number of aromatic nitrogens is 2. The van der Waals surface area contributed by atoms with E-state index in [1.165, 1.54) is 18.5 Å². The molecule has 1 aliphatic rings. The van der Waals surface area contributed by atoms with Gasteiger partial charge in [0.1, 0.15) is 0 Å². The number of hydrogen-bond acceptors (Lipinski definition) is 6. The summed E-state index contributed by atoms with van der Waals surface area (Å²) in [6.07, 6.45) is 3.03. The van der Waals surface area contributed by atoms with Gasteiger partial charge in [0, 0.05) is 28.4 Å². The number of aliphatic imine (C=N–C) groups is 1. The van der Waals surface area contributed by atoms with Crippen LogP contribution in [0.2, 0.25) is 5.02 Å². The molecular formula is C19H12ClN5O3. The average Bonchev–Trinajstić information content (AvgIpc) is 2.89. The van der Waals surface area contributed by atoms with Gasteiger partial charge in [-0.2, -0.15) is 0 Å². The van der Waals surface area contributed by atoms with Crippen LogP contribution in [0.1, 0.15) is 11.1 Å². The molecule has 28 heavy (non-hydrogen) atoms. The molecule has 1 aromatic heterocycles. The standard InChI is InChI=1S/C19H12ClN5O3/c20-13-5-1-11(2-6-13)15-9-16(12-3-7-14(8-4-12)25(27)28)24-18-17(23-15)19(26)22-10-21-18/h1-10,23H,(H,21,22,26). The first kappa shape index (κ1) is 17.6. The van der Waals surface area contributed by atoms with Gasteiger partial charge in [0.05, 0.1) is 17.0 Å². The van der Waals surface area contributed by atoms with Crippen LogP contribution < -0.4 is 10.9 Å². The molecular weight excluding hydrogens is 382 g/mol. The molecule has 4 rings (SSSR count). The number of halogens is 1. The third-order valence-electron chi connectivity index (χ3n) is 4.13. The van der Waals surface area contributed by atoms with Gasteiger partial charge in [0.2, 0.25) is 0 Å². The van der Waals surface area contributed by atoms with Crippen molar-refractivity contribution < 1.29 is 4.92 Å². The van der Waals surface area contributed by atoms with Gasteiger partial charge in [-0.25, -0.2) is 9.98 Å². The predicted octanol–water partition coefficient (Wildman–Crippen LogP) is 3.92. The van der Waals surface area contributed by atoms with Gasteiger partial charge in [-0.15, -0.1) is 0 Å². The minimum absolute atomic E-state index is 0.0204. The Morgan fingerprint density at radius 1 is 1.00 bits per heavy atom. The highest BCUT2D eigenvalue weighted by Gasteiger charge is 2.18. The minimum atomic E-state index is -0.467. The van der Waals surface area contributed by atoms with Crippen LogP contribution in [-0.2, 0) is 0 Å². The van der Waals surface area contributed by atoms with Gasteiger partial charge < -0.3 is 10.3 Å². The number of H-pyrrole nitrogens is 1. The monoisotopic (exact) mass is 393 g/mol. The zero-order chi connectivity index (χ0) is 19.7. The van der Waals surface area contributed by atoms with Crippen LogP contribution in [0.3, 0.4) is 0 Å². The summed E-state index contributed by atoms with van der Waals surface area (Å²) in [5, 5.41) is 14.6. The van der Waals surface area contributed by atoms with Crippen LogP contribution >= 0.6 is 11.6 Å².